The average Bonchev–Trinajstić information content (AvgIpc) is 2.38. The van der Waals surface area contributed by atoms with Crippen LogP contribution in [0.15, 0.2) is 18.2 Å². The SMILES string of the molecule is C#CCC(NC(=O)Nc1cc(Cl)ccc1C#N)C(=O)O. The first kappa shape index (κ1) is 15.4. The fourth-order valence-electron chi connectivity index (χ4n) is 1.35. The van der Waals surface area contributed by atoms with Crippen LogP contribution in [-0.2, 0) is 4.79 Å². The van der Waals surface area contributed by atoms with Gasteiger partial charge < -0.3 is 15.7 Å². The van der Waals surface area contributed by atoms with Crippen LogP contribution in [0, 0.1) is 23.7 Å². The smallest absolute Gasteiger partial charge is 0.327 e. The number of carbonyl (C=O) groups is 2. The third kappa shape index (κ3) is 4.20. The number of urea groups is 1. The van der Waals surface area contributed by atoms with Gasteiger partial charge in [-0.15, -0.1) is 12.3 Å². The average molecular weight is 292 g/mol. The molecule has 1 unspecified atom stereocenters. The molecule has 0 aliphatic rings. The van der Waals surface area contributed by atoms with E-state index in [4.69, 9.17) is 28.4 Å². The van der Waals surface area contributed by atoms with Crippen molar-refractivity contribution in [3.63, 3.8) is 0 Å². The maximum absolute atomic E-state index is 11.7. The molecule has 0 aliphatic heterocycles. The van der Waals surface area contributed by atoms with Crippen LogP contribution in [0.2, 0.25) is 5.02 Å². The third-order valence-electron chi connectivity index (χ3n) is 2.28. The largest absolute Gasteiger partial charge is 0.480 e. The highest BCUT2D eigenvalue weighted by Crippen LogP contribution is 2.20. The molecule has 0 spiro atoms. The van der Waals surface area contributed by atoms with Gasteiger partial charge in [-0.2, -0.15) is 5.26 Å². The van der Waals surface area contributed by atoms with Gasteiger partial charge in [-0.3, -0.25) is 0 Å². The van der Waals surface area contributed by atoms with Gasteiger partial charge in [0.05, 0.1) is 11.3 Å². The summed E-state index contributed by atoms with van der Waals surface area (Å²) in [5.41, 5.74) is 0.385. The molecule has 0 saturated carbocycles. The van der Waals surface area contributed by atoms with E-state index in [1.807, 2.05) is 6.07 Å². The molecule has 0 aromatic heterocycles. The summed E-state index contributed by atoms with van der Waals surface area (Å²) < 4.78 is 0. The summed E-state index contributed by atoms with van der Waals surface area (Å²) in [7, 11) is 0. The molecule has 1 rings (SSSR count). The van der Waals surface area contributed by atoms with E-state index >= 15 is 0 Å². The van der Waals surface area contributed by atoms with Crippen LogP contribution in [0.4, 0.5) is 10.5 Å². The number of nitriles is 1. The van der Waals surface area contributed by atoms with Gasteiger partial charge in [0, 0.05) is 11.4 Å². The van der Waals surface area contributed by atoms with Crippen molar-refractivity contribution in [1.82, 2.24) is 5.32 Å². The minimum atomic E-state index is -1.25. The van der Waals surface area contributed by atoms with Gasteiger partial charge in [-0.25, -0.2) is 9.59 Å². The summed E-state index contributed by atoms with van der Waals surface area (Å²) in [6.45, 7) is 0. The number of anilines is 1. The molecule has 7 heteroatoms. The van der Waals surface area contributed by atoms with Crippen LogP contribution in [0.3, 0.4) is 0 Å². The number of carboxylic acid groups (broad SMARTS) is 1. The van der Waals surface area contributed by atoms with E-state index in [0.717, 1.165) is 0 Å². The molecule has 0 saturated heterocycles. The predicted molar refractivity (Wildman–Crippen MR) is 73.2 cm³/mol. The van der Waals surface area contributed by atoms with Crippen LogP contribution in [0.25, 0.3) is 0 Å². The molecule has 0 fully saturated rings. The van der Waals surface area contributed by atoms with Crippen LogP contribution in [-0.4, -0.2) is 23.1 Å². The predicted octanol–water partition coefficient (Wildman–Crippen LogP) is 1.81. The number of terminal acetylenes is 1. The number of benzene rings is 1. The van der Waals surface area contributed by atoms with E-state index in [2.05, 4.69) is 16.6 Å². The van der Waals surface area contributed by atoms with E-state index in [-0.39, 0.29) is 17.7 Å². The monoisotopic (exact) mass is 291 g/mol. The molecule has 6 nitrogen and oxygen atoms in total. The summed E-state index contributed by atoms with van der Waals surface area (Å²) >= 11 is 5.76. The maximum Gasteiger partial charge on any atom is 0.327 e. The Labute approximate surface area is 120 Å². The first-order valence-electron chi connectivity index (χ1n) is 5.41. The molecule has 20 heavy (non-hydrogen) atoms. The summed E-state index contributed by atoms with van der Waals surface area (Å²) in [5, 5.41) is 22.6. The number of nitrogens with zero attached hydrogens (tertiary/aromatic N) is 1. The molecule has 1 atom stereocenters. The van der Waals surface area contributed by atoms with Crippen LogP contribution in [0.5, 0.6) is 0 Å². The zero-order chi connectivity index (χ0) is 15.1. The number of carboxylic acids is 1. The van der Waals surface area contributed by atoms with Gasteiger partial charge in [-0.05, 0) is 18.2 Å². The Morgan fingerprint density at radius 1 is 1.50 bits per heavy atom. The van der Waals surface area contributed by atoms with Gasteiger partial charge in [0.2, 0.25) is 0 Å². The first-order valence-corrected chi connectivity index (χ1v) is 5.79. The zero-order valence-electron chi connectivity index (χ0n) is 10.2. The molecule has 102 valence electrons. The fourth-order valence-corrected chi connectivity index (χ4v) is 1.52. The molecule has 0 heterocycles. The molecule has 0 radical (unpaired) electrons. The van der Waals surface area contributed by atoms with E-state index in [0.29, 0.717) is 5.02 Å². The lowest BCUT2D eigenvalue weighted by Crippen LogP contribution is -2.42. The van der Waals surface area contributed by atoms with Crippen molar-refractivity contribution in [2.24, 2.45) is 0 Å². The van der Waals surface area contributed by atoms with Crippen molar-refractivity contribution in [3.05, 3.63) is 28.8 Å². The second kappa shape index (κ2) is 7.03. The Kier molecular flexibility index (Phi) is 5.40. The molecular formula is C13H10ClN3O3. The number of carbonyl (C=O) groups excluding carboxylic acids is 1. The Hall–Kier alpha value is -2.70. The second-order valence-corrected chi connectivity index (χ2v) is 4.14. The van der Waals surface area contributed by atoms with Crippen molar-refractivity contribution in [2.75, 3.05) is 5.32 Å². The van der Waals surface area contributed by atoms with E-state index in [1.54, 1.807) is 0 Å². The van der Waals surface area contributed by atoms with E-state index in [9.17, 15) is 9.59 Å². The Bertz CT molecular complexity index is 616. The highest BCUT2D eigenvalue weighted by molar-refractivity contribution is 6.31. The minimum Gasteiger partial charge on any atom is -0.480 e. The highest BCUT2D eigenvalue weighted by atomic mass is 35.5. The number of hydrogen-bond acceptors (Lipinski definition) is 3. The Morgan fingerprint density at radius 2 is 2.20 bits per heavy atom. The van der Waals surface area contributed by atoms with Crippen LogP contribution >= 0.6 is 11.6 Å². The number of halogens is 1. The zero-order valence-corrected chi connectivity index (χ0v) is 10.9. The van der Waals surface area contributed by atoms with E-state index < -0.39 is 18.0 Å². The van der Waals surface area contributed by atoms with Crippen molar-refractivity contribution in [2.45, 2.75) is 12.5 Å². The van der Waals surface area contributed by atoms with Gasteiger partial charge in [0.1, 0.15) is 12.1 Å². The molecule has 0 aliphatic carbocycles. The van der Waals surface area contributed by atoms with E-state index in [1.165, 1.54) is 18.2 Å². The summed E-state index contributed by atoms with van der Waals surface area (Å²) in [5.74, 6) is 0.908. The second-order valence-electron chi connectivity index (χ2n) is 3.70. The van der Waals surface area contributed by atoms with Gasteiger partial charge in [0.15, 0.2) is 0 Å². The molecule has 2 amide bonds. The highest BCUT2D eigenvalue weighted by Gasteiger charge is 2.19. The lowest BCUT2D eigenvalue weighted by atomic mass is 10.2. The van der Waals surface area contributed by atoms with Crippen molar-refractivity contribution < 1.29 is 14.7 Å². The Morgan fingerprint density at radius 3 is 2.75 bits per heavy atom. The molecule has 1 aromatic carbocycles. The van der Waals surface area contributed by atoms with Gasteiger partial charge in [0.25, 0.3) is 0 Å². The van der Waals surface area contributed by atoms with Crippen LogP contribution < -0.4 is 10.6 Å². The fraction of sp³-hybridized carbons (Fsp3) is 0.154. The Balaban J connectivity index is 2.81. The molecule has 0 bridgehead atoms. The summed E-state index contributed by atoms with van der Waals surface area (Å²) in [6.07, 6.45) is 4.87. The molecular weight excluding hydrogens is 282 g/mol. The number of hydrogen-bond donors (Lipinski definition) is 3. The minimum absolute atomic E-state index is 0.149. The van der Waals surface area contributed by atoms with Crippen LogP contribution in [0.1, 0.15) is 12.0 Å². The van der Waals surface area contributed by atoms with Crippen molar-refractivity contribution in [1.29, 1.82) is 5.26 Å². The quantitative estimate of drug-likeness (QED) is 0.736. The number of rotatable bonds is 4. The molecule has 3 N–H and O–H groups in total. The van der Waals surface area contributed by atoms with Crippen molar-refractivity contribution >= 4 is 29.3 Å². The normalized spacial score (nSPS) is 10.8. The summed E-state index contributed by atoms with van der Waals surface area (Å²) in [6, 6.07) is 4.22. The van der Waals surface area contributed by atoms with Crippen molar-refractivity contribution in [3.8, 4) is 18.4 Å². The van der Waals surface area contributed by atoms with Gasteiger partial charge >= 0.3 is 12.0 Å². The first-order chi connectivity index (χ1) is 9.47. The lowest BCUT2D eigenvalue weighted by Gasteiger charge is -2.13. The number of aliphatic carboxylic acids is 1. The standard InChI is InChI=1S/C13H10ClN3O3/c1-2-3-10(12(18)19)16-13(20)17-11-6-9(14)5-4-8(11)7-15/h1,4-6,10H,3H2,(H,18,19)(H2,16,17,20). The number of nitrogens with one attached hydrogen (secondary N) is 2. The van der Waals surface area contributed by atoms with Gasteiger partial charge in [-0.1, -0.05) is 11.6 Å². The number of amides is 2. The third-order valence-corrected chi connectivity index (χ3v) is 2.51. The molecule has 1 aromatic rings. The topological polar surface area (TPSA) is 102 Å². The maximum atomic E-state index is 11.7. The lowest BCUT2D eigenvalue weighted by molar-refractivity contribution is -0.139. The summed E-state index contributed by atoms with van der Waals surface area (Å²) in [4.78, 5) is 22.5.